The molecule has 2 aliphatic heterocycles. The quantitative estimate of drug-likeness (QED) is 0.802. The molecule has 7 nitrogen and oxygen atoms in total. The summed E-state index contributed by atoms with van der Waals surface area (Å²) in [6.07, 6.45) is 1.54. The number of urea groups is 1. The highest BCUT2D eigenvalue weighted by atomic mass is 35.5. The lowest BCUT2D eigenvalue weighted by atomic mass is 9.96. The van der Waals surface area contributed by atoms with Gasteiger partial charge < -0.3 is 15.0 Å². The first-order valence-corrected chi connectivity index (χ1v) is 8.65. The van der Waals surface area contributed by atoms with Crippen LogP contribution in [0.25, 0.3) is 0 Å². The summed E-state index contributed by atoms with van der Waals surface area (Å²) >= 11 is 5.81. The third-order valence-electron chi connectivity index (χ3n) is 4.52. The van der Waals surface area contributed by atoms with Crippen LogP contribution in [0.15, 0.2) is 24.3 Å². The molecule has 2 saturated heterocycles. The molecule has 0 bridgehead atoms. The number of carbonyl (C=O) groups is 3. The minimum absolute atomic E-state index is 0.0146. The molecule has 4 amide bonds. The predicted molar refractivity (Wildman–Crippen MR) is 91.4 cm³/mol. The molecule has 2 aliphatic rings. The van der Waals surface area contributed by atoms with Gasteiger partial charge in [0.25, 0.3) is 5.91 Å². The van der Waals surface area contributed by atoms with Crippen molar-refractivity contribution in [2.45, 2.75) is 12.8 Å². The molecule has 0 saturated carbocycles. The monoisotopic (exact) mass is 365 g/mol. The van der Waals surface area contributed by atoms with E-state index in [1.54, 1.807) is 29.2 Å². The molecule has 0 spiro atoms. The topological polar surface area (TPSA) is 79.0 Å². The van der Waals surface area contributed by atoms with E-state index in [0.29, 0.717) is 30.4 Å². The smallest absolute Gasteiger partial charge is 0.324 e. The van der Waals surface area contributed by atoms with Crippen LogP contribution in [-0.2, 0) is 9.59 Å². The van der Waals surface area contributed by atoms with Crippen molar-refractivity contribution >= 4 is 29.4 Å². The van der Waals surface area contributed by atoms with Gasteiger partial charge in [-0.25, -0.2) is 4.79 Å². The Labute approximate surface area is 150 Å². The lowest BCUT2D eigenvalue weighted by Gasteiger charge is -2.33. The van der Waals surface area contributed by atoms with Gasteiger partial charge in [0.15, 0.2) is 6.61 Å². The van der Waals surface area contributed by atoms with Crippen LogP contribution in [0.2, 0.25) is 5.02 Å². The van der Waals surface area contributed by atoms with Crippen molar-refractivity contribution in [1.29, 1.82) is 0 Å². The lowest BCUT2D eigenvalue weighted by Crippen LogP contribution is -2.44. The van der Waals surface area contributed by atoms with Gasteiger partial charge in [-0.2, -0.15) is 0 Å². The van der Waals surface area contributed by atoms with Crippen LogP contribution in [-0.4, -0.2) is 60.4 Å². The molecule has 0 aliphatic carbocycles. The molecular formula is C17H20ClN3O4. The molecule has 1 aromatic carbocycles. The maximum atomic E-state index is 12.2. The molecule has 25 heavy (non-hydrogen) atoms. The van der Waals surface area contributed by atoms with E-state index in [9.17, 15) is 14.4 Å². The van der Waals surface area contributed by atoms with Gasteiger partial charge in [-0.1, -0.05) is 11.6 Å². The Morgan fingerprint density at radius 3 is 2.48 bits per heavy atom. The van der Waals surface area contributed by atoms with E-state index in [-0.39, 0.29) is 36.9 Å². The van der Waals surface area contributed by atoms with Gasteiger partial charge in [0, 0.05) is 24.7 Å². The number of hydrogen-bond donors (Lipinski definition) is 1. The minimum Gasteiger partial charge on any atom is -0.484 e. The van der Waals surface area contributed by atoms with Crippen molar-refractivity contribution in [3.8, 4) is 5.75 Å². The van der Waals surface area contributed by atoms with Crippen LogP contribution in [0.4, 0.5) is 4.79 Å². The van der Waals surface area contributed by atoms with E-state index in [4.69, 9.17) is 16.3 Å². The Bertz CT molecular complexity index is 640. The predicted octanol–water partition coefficient (Wildman–Crippen LogP) is 1.51. The Kier molecular flexibility index (Phi) is 5.43. The van der Waals surface area contributed by atoms with Crippen LogP contribution in [0.1, 0.15) is 12.8 Å². The minimum atomic E-state index is -0.320. The van der Waals surface area contributed by atoms with E-state index >= 15 is 0 Å². The Balaban J connectivity index is 1.42. The van der Waals surface area contributed by atoms with Gasteiger partial charge in [0.1, 0.15) is 5.75 Å². The highest BCUT2D eigenvalue weighted by Crippen LogP contribution is 2.20. The van der Waals surface area contributed by atoms with Crippen LogP contribution in [0.5, 0.6) is 5.75 Å². The molecular weight excluding hydrogens is 346 g/mol. The van der Waals surface area contributed by atoms with E-state index in [2.05, 4.69) is 5.32 Å². The zero-order valence-electron chi connectivity index (χ0n) is 13.7. The number of hydrogen-bond acceptors (Lipinski definition) is 4. The second-order valence-corrected chi connectivity index (χ2v) is 6.67. The zero-order chi connectivity index (χ0) is 17.8. The summed E-state index contributed by atoms with van der Waals surface area (Å²) in [4.78, 5) is 38.5. The first kappa shape index (κ1) is 17.5. The second kappa shape index (κ2) is 7.74. The number of piperidine rings is 1. The van der Waals surface area contributed by atoms with Gasteiger partial charge in [0.05, 0.1) is 6.54 Å². The van der Waals surface area contributed by atoms with Crippen LogP contribution >= 0.6 is 11.6 Å². The Hall–Kier alpha value is -2.28. The highest BCUT2D eigenvalue weighted by Gasteiger charge is 2.32. The largest absolute Gasteiger partial charge is 0.484 e. The molecule has 0 atom stereocenters. The molecule has 3 rings (SSSR count). The van der Waals surface area contributed by atoms with Crippen LogP contribution in [0, 0.1) is 5.92 Å². The summed E-state index contributed by atoms with van der Waals surface area (Å²) < 4.78 is 5.48. The molecule has 8 heteroatoms. The summed E-state index contributed by atoms with van der Waals surface area (Å²) in [6.45, 7) is 1.71. The van der Waals surface area contributed by atoms with E-state index in [1.165, 1.54) is 4.90 Å². The fourth-order valence-corrected chi connectivity index (χ4v) is 3.16. The summed E-state index contributed by atoms with van der Waals surface area (Å²) in [7, 11) is 0. The summed E-state index contributed by atoms with van der Waals surface area (Å²) in [5, 5.41) is 3.14. The number of nitrogens with one attached hydrogen (secondary N) is 1. The number of carbonyl (C=O) groups excluding carboxylic acids is 3. The lowest BCUT2D eigenvalue weighted by molar-refractivity contribution is -0.135. The van der Waals surface area contributed by atoms with E-state index < -0.39 is 0 Å². The van der Waals surface area contributed by atoms with Crippen molar-refractivity contribution in [3.05, 3.63) is 29.3 Å². The van der Waals surface area contributed by atoms with Gasteiger partial charge in [-0.15, -0.1) is 0 Å². The maximum Gasteiger partial charge on any atom is 0.324 e. The van der Waals surface area contributed by atoms with Gasteiger partial charge in [0.2, 0.25) is 5.91 Å². The average molecular weight is 366 g/mol. The van der Waals surface area contributed by atoms with E-state index in [1.807, 2.05) is 0 Å². The first-order chi connectivity index (χ1) is 12.0. The molecule has 0 radical (unpaired) electrons. The first-order valence-electron chi connectivity index (χ1n) is 8.27. The summed E-state index contributed by atoms with van der Waals surface area (Å²) in [5.41, 5.74) is 0. The molecule has 1 aromatic rings. The van der Waals surface area contributed by atoms with Crippen molar-refractivity contribution in [3.63, 3.8) is 0 Å². The van der Waals surface area contributed by atoms with Crippen molar-refractivity contribution in [2.24, 2.45) is 5.92 Å². The highest BCUT2D eigenvalue weighted by molar-refractivity contribution is 6.30. The molecule has 134 valence electrons. The SMILES string of the molecule is O=C(COc1ccc(Cl)cc1)N1CCC(CN2C(=O)CNC2=O)CC1. The van der Waals surface area contributed by atoms with Gasteiger partial charge in [-0.3, -0.25) is 14.5 Å². The van der Waals surface area contributed by atoms with Crippen molar-refractivity contribution < 1.29 is 19.1 Å². The third-order valence-corrected chi connectivity index (χ3v) is 4.77. The number of benzene rings is 1. The molecule has 1 N–H and O–H groups in total. The summed E-state index contributed by atoms with van der Waals surface area (Å²) in [5.74, 6) is 0.587. The average Bonchev–Trinajstić information content (AvgIpc) is 2.93. The molecule has 0 aromatic heterocycles. The third kappa shape index (κ3) is 4.42. The van der Waals surface area contributed by atoms with Crippen molar-refractivity contribution in [2.75, 3.05) is 32.8 Å². The zero-order valence-corrected chi connectivity index (χ0v) is 14.5. The number of likely N-dealkylation sites (tertiary alicyclic amines) is 1. The van der Waals surface area contributed by atoms with E-state index in [0.717, 1.165) is 12.8 Å². The Morgan fingerprint density at radius 2 is 1.88 bits per heavy atom. The molecule has 2 heterocycles. The normalized spacial score (nSPS) is 18.4. The van der Waals surface area contributed by atoms with Crippen molar-refractivity contribution in [1.82, 2.24) is 15.1 Å². The number of imide groups is 1. The van der Waals surface area contributed by atoms with Crippen LogP contribution < -0.4 is 10.1 Å². The number of rotatable bonds is 5. The Morgan fingerprint density at radius 1 is 1.20 bits per heavy atom. The molecule has 0 unspecified atom stereocenters. The van der Waals surface area contributed by atoms with Gasteiger partial charge in [-0.05, 0) is 43.0 Å². The second-order valence-electron chi connectivity index (χ2n) is 6.23. The standard InChI is InChI=1S/C17H20ClN3O4/c18-13-1-3-14(4-2-13)25-11-16(23)20-7-5-12(6-8-20)10-21-15(22)9-19-17(21)24/h1-4,12H,5-11H2,(H,19,24). The fraction of sp³-hybridized carbons (Fsp3) is 0.471. The number of amides is 4. The molecule has 2 fully saturated rings. The summed E-state index contributed by atoms with van der Waals surface area (Å²) in [6, 6.07) is 6.55. The fourth-order valence-electron chi connectivity index (χ4n) is 3.03. The van der Waals surface area contributed by atoms with Crippen LogP contribution in [0.3, 0.4) is 0 Å². The number of nitrogens with zero attached hydrogens (tertiary/aromatic N) is 2. The number of halogens is 1. The van der Waals surface area contributed by atoms with Gasteiger partial charge >= 0.3 is 6.03 Å². The maximum absolute atomic E-state index is 12.2. The number of ether oxygens (including phenoxy) is 1.